The number of nitrogens with zero attached hydrogens (tertiary/aromatic N) is 1. The summed E-state index contributed by atoms with van der Waals surface area (Å²) in [7, 11) is -3.35. The van der Waals surface area contributed by atoms with Gasteiger partial charge in [0.1, 0.15) is 4.21 Å². The minimum Gasteiger partial charge on any atom is -0.376 e. The van der Waals surface area contributed by atoms with Gasteiger partial charge in [-0.05, 0) is 38.3 Å². The normalized spacial score (nSPS) is 24.3. The Morgan fingerprint density at radius 1 is 1.43 bits per heavy atom. The standard InChI is InChI=1S/C14H22N2O3S2/c1-11-10-16(8-9-19-11)21(17,18)14-5-4-13(20-14)6-7-15-12-2-3-12/h4-5,11-12,15H,2-3,6-10H2,1H3. The molecule has 1 N–H and O–H groups in total. The van der Waals surface area contributed by atoms with Crippen LogP contribution in [0, 0.1) is 0 Å². The fourth-order valence-electron chi connectivity index (χ4n) is 2.45. The van der Waals surface area contributed by atoms with E-state index >= 15 is 0 Å². The third-order valence-electron chi connectivity index (χ3n) is 3.82. The number of hydrogen-bond acceptors (Lipinski definition) is 5. The van der Waals surface area contributed by atoms with Crippen molar-refractivity contribution in [1.29, 1.82) is 0 Å². The summed E-state index contributed by atoms with van der Waals surface area (Å²) in [4.78, 5) is 1.13. The fraction of sp³-hybridized carbons (Fsp3) is 0.714. The van der Waals surface area contributed by atoms with Crippen molar-refractivity contribution in [3.63, 3.8) is 0 Å². The average molecular weight is 330 g/mol. The second kappa shape index (κ2) is 6.34. The zero-order valence-electron chi connectivity index (χ0n) is 12.2. The molecule has 1 saturated carbocycles. The number of nitrogens with one attached hydrogen (secondary N) is 1. The van der Waals surface area contributed by atoms with Gasteiger partial charge in [0.05, 0.1) is 12.7 Å². The zero-order valence-corrected chi connectivity index (χ0v) is 13.9. The molecule has 1 atom stereocenters. The zero-order chi connectivity index (χ0) is 14.9. The third-order valence-corrected chi connectivity index (χ3v) is 7.29. The second-order valence-electron chi connectivity index (χ2n) is 5.74. The van der Waals surface area contributed by atoms with E-state index in [2.05, 4.69) is 5.32 Å². The molecular weight excluding hydrogens is 308 g/mol. The molecule has 0 amide bonds. The van der Waals surface area contributed by atoms with E-state index in [9.17, 15) is 8.42 Å². The predicted molar refractivity (Wildman–Crippen MR) is 83.2 cm³/mol. The minimum atomic E-state index is -3.35. The molecule has 0 radical (unpaired) electrons. The van der Waals surface area contributed by atoms with Crippen LogP contribution in [0.1, 0.15) is 24.6 Å². The van der Waals surface area contributed by atoms with E-state index in [0.717, 1.165) is 17.8 Å². The largest absolute Gasteiger partial charge is 0.376 e. The Hall–Kier alpha value is -0.470. The van der Waals surface area contributed by atoms with Gasteiger partial charge in [0, 0.05) is 30.6 Å². The lowest BCUT2D eigenvalue weighted by Crippen LogP contribution is -2.44. The van der Waals surface area contributed by atoms with Crippen LogP contribution in [0.3, 0.4) is 0 Å². The van der Waals surface area contributed by atoms with Gasteiger partial charge < -0.3 is 10.1 Å². The van der Waals surface area contributed by atoms with E-state index in [1.807, 2.05) is 13.0 Å². The van der Waals surface area contributed by atoms with E-state index in [-0.39, 0.29) is 6.10 Å². The lowest BCUT2D eigenvalue weighted by molar-refractivity contribution is 0.0102. The first-order chi connectivity index (χ1) is 10.1. The minimum absolute atomic E-state index is 0.0318. The van der Waals surface area contributed by atoms with Crippen LogP contribution in [0.4, 0.5) is 0 Å². The lowest BCUT2D eigenvalue weighted by Gasteiger charge is -2.29. The summed E-state index contributed by atoms with van der Waals surface area (Å²) >= 11 is 1.40. The van der Waals surface area contributed by atoms with Crippen LogP contribution in [0.5, 0.6) is 0 Å². The highest BCUT2D eigenvalue weighted by molar-refractivity contribution is 7.91. The van der Waals surface area contributed by atoms with Crippen LogP contribution in [0.2, 0.25) is 0 Å². The molecule has 1 aliphatic heterocycles. The van der Waals surface area contributed by atoms with Crippen LogP contribution in [-0.2, 0) is 21.2 Å². The Kier molecular flexibility index (Phi) is 4.66. The van der Waals surface area contributed by atoms with E-state index in [0.29, 0.717) is 29.9 Å². The Morgan fingerprint density at radius 3 is 2.95 bits per heavy atom. The smallest absolute Gasteiger partial charge is 0.252 e. The van der Waals surface area contributed by atoms with Gasteiger partial charge in [-0.25, -0.2) is 8.42 Å². The maximum absolute atomic E-state index is 12.6. The van der Waals surface area contributed by atoms with Crippen molar-refractivity contribution in [3.8, 4) is 0 Å². The Balaban J connectivity index is 1.62. The van der Waals surface area contributed by atoms with E-state index < -0.39 is 10.0 Å². The molecule has 5 nitrogen and oxygen atoms in total. The van der Waals surface area contributed by atoms with Gasteiger partial charge in [0.25, 0.3) is 10.0 Å². The summed E-state index contributed by atoms with van der Waals surface area (Å²) in [5.41, 5.74) is 0. The van der Waals surface area contributed by atoms with Gasteiger partial charge in [-0.1, -0.05) is 0 Å². The molecule has 2 fully saturated rings. The van der Waals surface area contributed by atoms with Crippen molar-refractivity contribution in [1.82, 2.24) is 9.62 Å². The molecular formula is C14H22N2O3S2. The molecule has 1 aliphatic carbocycles. The quantitative estimate of drug-likeness (QED) is 0.858. The number of ether oxygens (including phenoxy) is 1. The molecule has 1 saturated heterocycles. The molecule has 7 heteroatoms. The number of sulfonamides is 1. The molecule has 2 aliphatic rings. The van der Waals surface area contributed by atoms with Crippen LogP contribution in [-0.4, -0.2) is 51.1 Å². The first-order valence-electron chi connectivity index (χ1n) is 7.49. The first-order valence-corrected chi connectivity index (χ1v) is 9.75. The molecule has 1 aromatic heterocycles. The molecule has 0 spiro atoms. The first kappa shape index (κ1) is 15.4. The predicted octanol–water partition coefficient (Wildman–Crippen LogP) is 1.45. The second-order valence-corrected chi connectivity index (χ2v) is 9.08. The Morgan fingerprint density at radius 2 is 2.24 bits per heavy atom. The SMILES string of the molecule is CC1CN(S(=O)(=O)c2ccc(CCNC3CC3)s2)CCO1. The van der Waals surface area contributed by atoms with Crippen molar-refractivity contribution in [2.75, 3.05) is 26.2 Å². The third kappa shape index (κ3) is 3.84. The van der Waals surface area contributed by atoms with Crippen molar-refractivity contribution >= 4 is 21.4 Å². The molecule has 1 aromatic rings. The molecule has 118 valence electrons. The highest BCUT2D eigenvalue weighted by Gasteiger charge is 2.30. The van der Waals surface area contributed by atoms with Crippen molar-refractivity contribution in [2.45, 2.75) is 42.5 Å². The highest BCUT2D eigenvalue weighted by Crippen LogP contribution is 2.26. The molecule has 2 heterocycles. The van der Waals surface area contributed by atoms with Crippen molar-refractivity contribution < 1.29 is 13.2 Å². The molecule has 3 rings (SSSR count). The lowest BCUT2D eigenvalue weighted by atomic mass is 10.3. The van der Waals surface area contributed by atoms with E-state index in [4.69, 9.17) is 4.74 Å². The van der Waals surface area contributed by atoms with Crippen LogP contribution in [0.15, 0.2) is 16.3 Å². The van der Waals surface area contributed by atoms with Gasteiger partial charge in [-0.15, -0.1) is 11.3 Å². The molecule has 1 unspecified atom stereocenters. The van der Waals surface area contributed by atoms with Gasteiger partial charge >= 0.3 is 0 Å². The number of hydrogen-bond donors (Lipinski definition) is 1. The van der Waals surface area contributed by atoms with Crippen LogP contribution in [0.25, 0.3) is 0 Å². The van der Waals surface area contributed by atoms with Gasteiger partial charge in [0.2, 0.25) is 0 Å². The van der Waals surface area contributed by atoms with Gasteiger partial charge in [-0.2, -0.15) is 4.31 Å². The molecule has 21 heavy (non-hydrogen) atoms. The summed E-state index contributed by atoms with van der Waals surface area (Å²) < 4.78 is 32.6. The fourth-order valence-corrected chi connectivity index (χ4v) is 5.46. The Bertz CT molecular complexity index is 581. The summed E-state index contributed by atoms with van der Waals surface area (Å²) in [6.07, 6.45) is 3.42. The Labute approximate surface area is 130 Å². The van der Waals surface area contributed by atoms with E-state index in [1.54, 1.807) is 10.4 Å². The van der Waals surface area contributed by atoms with Crippen molar-refractivity contribution in [3.05, 3.63) is 17.0 Å². The molecule has 0 bridgehead atoms. The van der Waals surface area contributed by atoms with Gasteiger partial charge in [0.15, 0.2) is 0 Å². The van der Waals surface area contributed by atoms with Crippen LogP contribution < -0.4 is 5.32 Å². The van der Waals surface area contributed by atoms with Crippen LogP contribution >= 0.6 is 11.3 Å². The summed E-state index contributed by atoms with van der Waals surface area (Å²) in [5.74, 6) is 0. The molecule has 0 aromatic carbocycles. The topological polar surface area (TPSA) is 58.6 Å². The maximum atomic E-state index is 12.6. The number of thiophene rings is 1. The highest BCUT2D eigenvalue weighted by atomic mass is 32.2. The number of rotatable bonds is 6. The average Bonchev–Trinajstić information content (AvgIpc) is 3.14. The van der Waals surface area contributed by atoms with E-state index in [1.165, 1.54) is 24.2 Å². The maximum Gasteiger partial charge on any atom is 0.252 e. The van der Waals surface area contributed by atoms with Crippen molar-refractivity contribution in [2.24, 2.45) is 0 Å². The monoisotopic (exact) mass is 330 g/mol. The number of morpholine rings is 1. The summed E-state index contributed by atoms with van der Waals surface area (Å²) in [6.45, 7) is 4.20. The summed E-state index contributed by atoms with van der Waals surface area (Å²) in [5, 5.41) is 3.45. The summed E-state index contributed by atoms with van der Waals surface area (Å²) in [6, 6.07) is 4.38. The van der Waals surface area contributed by atoms with Gasteiger partial charge in [-0.3, -0.25) is 0 Å².